The van der Waals surface area contributed by atoms with Crippen LogP contribution in [-0.2, 0) is 17.5 Å². The summed E-state index contributed by atoms with van der Waals surface area (Å²) in [6, 6.07) is 13.0. The quantitative estimate of drug-likeness (QED) is 0.285. The number of halogens is 4. The van der Waals surface area contributed by atoms with Crippen molar-refractivity contribution in [2.75, 3.05) is 7.05 Å². The molecule has 178 valence electrons. The van der Waals surface area contributed by atoms with Crippen molar-refractivity contribution in [1.82, 2.24) is 24.8 Å². The molecule has 0 aliphatic rings. The van der Waals surface area contributed by atoms with Crippen molar-refractivity contribution in [2.24, 2.45) is 5.10 Å². The Kier molecular flexibility index (Phi) is 6.92. The van der Waals surface area contributed by atoms with Gasteiger partial charge in [0, 0.05) is 41.8 Å². The molecule has 0 saturated heterocycles. The molecule has 0 unspecified atom stereocenters. The third-order valence-electron chi connectivity index (χ3n) is 5.04. The standard InChI is InChI=1S/C24H18ClF3N6O/c1-33(14-16-2-7-21(30-12-16)24(26,27)28)32-23-22(18-8-10-29-11-9-18)20(13-31-34(23)15-35)17-3-5-19(25)6-4-17/h2-13,15H,14H2,1H3/b32-23-. The van der Waals surface area contributed by atoms with Gasteiger partial charge in [-0.1, -0.05) is 29.8 Å². The smallest absolute Gasteiger partial charge is 0.294 e. The number of hydrogen-bond acceptors (Lipinski definition) is 6. The van der Waals surface area contributed by atoms with Crippen LogP contribution in [0.1, 0.15) is 11.3 Å². The third-order valence-corrected chi connectivity index (χ3v) is 5.29. The average molecular weight is 499 g/mol. The van der Waals surface area contributed by atoms with Crippen LogP contribution >= 0.6 is 11.6 Å². The van der Waals surface area contributed by atoms with Crippen LogP contribution in [0.3, 0.4) is 0 Å². The van der Waals surface area contributed by atoms with Gasteiger partial charge in [0.05, 0.1) is 12.7 Å². The topological polar surface area (TPSA) is 76.3 Å². The van der Waals surface area contributed by atoms with Gasteiger partial charge >= 0.3 is 6.18 Å². The van der Waals surface area contributed by atoms with Crippen LogP contribution in [0, 0.1) is 0 Å². The van der Waals surface area contributed by atoms with Crippen molar-refractivity contribution in [2.45, 2.75) is 12.7 Å². The van der Waals surface area contributed by atoms with Gasteiger partial charge in [-0.15, -0.1) is 0 Å². The maximum Gasteiger partial charge on any atom is 0.433 e. The van der Waals surface area contributed by atoms with Crippen LogP contribution in [0.5, 0.6) is 0 Å². The predicted molar refractivity (Wildman–Crippen MR) is 124 cm³/mol. The Morgan fingerprint density at radius 3 is 2.34 bits per heavy atom. The minimum atomic E-state index is -4.52. The lowest BCUT2D eigenvalue weighted by molar-refractivity contribution is -0.141. The van der Waals surface area contributed by atoms with Crippen molar-refractivity contribution in [3.63, 3.8) is 0 Å². The van der Waals surface area contributed by atoms with Crippen molar-refractivity contribution in [3.05, 3.63) is 95.1 Å². The summed E-state index contributed by atoms with van der Waals surface area (Å²) >= 11 is 6.05. The molecule has 0 saturated carbocycles. The Morgan fingerprint density at radius 2 is 1.74 bits per heavy atom. The third kappa shape index (κ3) is 5.55. The van der Waals surface area contributed by atoms with Crippen molar-refractivity contribution in [3.8, 4) is 22.3 Å². The maximum absolute atomic E-state index is 12.8. The molecule has 1 aromatic carbocycles. The Labute approximate surface area is 203 Å². The van der Waals surface area contributed by atoms with Crippen LogP contribution in [-0.4, -0.2) is 38.2 Å². The van der Waals surface area contributed by atoms with E-state index in [1.807, 2.05) is 12.1 Å². The lowest BCUT2D eigenvalue weighted by Gasteiger charge is -2.16. The molecule has 11 heteroatoms. The van der Waals surface area contributed by atoms with E-state index in [4.69, 9.17) is 11.6 Å². The summed E-state index contributed by atoms with van der Waals surface area (Å²) in [5.74, 6) is 0. The molecule has 0 atom stereocenters. The molecular formula is C24H18ClF3N6O. The highest BCUT2D eigenvalue weighted by Gasteiger charge is 2.32. The van der Waals surface area contributed by atoms with Gasteiger partial charge in [-0.2, -0.15) is 28.1 Å². The maximum atomic E-state index is 12.8. The van der Waals surface area contributed by atoms with Crippen LogP contribution in [0.4, 0.5) is 13.2 Å². The van der Waals surface area contributed by atoms with Gasteiger partial charge in [0.15, 0.2) is 5.49 Å². The zero-order chi connectivity index (χ0) is 25.0. The fourth-order valence-electron chi connectivity index (χ4n) is 3.45. The minimum absolute atomic E-state index is 0.144. The molecule has 0 amide bonds. The van der Waals surface area contributed by atoms with E-state index < -0.39 is 11.9 Å². The van der Waals surface area contributed by atoms with Crippen LogP contribution in [0.15, 0.2) is 78.4 Å². The van der Waals surface area contributed by atoms with Crippen LogP contribution in [0.25, 0.3) is 22.3 Å². The summed E-state index contributed by atoms with van der Waals surface area (Å²) < 4.78 is 39.5. The van der Waals surface area contributed by atoms with Crippen molar-refractivity contribution < 1.29 is 18.0 Å². The van der Waals surface area contributed by atoms with Gasteiger partial charge in [-0.25, -0.2) is 0 Å². The van der Waals surface area contributed by atoms with Crippen molar-refractivity contribution >= 4 is 18.0 Å². The molecule has 0 spiro atoms. The van der Waals surface area contributed by atoms with Gasteiger partial charge in [0.25, 0.3) is 0 Å². The summed E-state index contributed by atoms with van der Waals surface area (Å²) in [4.78, 5) is 19.4. The average Bonchev–Trinajstić information content (AvgIpc) is 2.84. The molecule has 0 fully saturated rings. The van der Waals surface area contributed by atoms with Crippen LogP contribution in [0.2, 0.25) is 5.02 Å². The van der Waals surface area contributed by atoms with Gasteiger partial charge in [-0.3, -0.25) is 19.8 Å². The molecule has 3 aromatic heterocycles. The van der Waals surface area contributed by atoms with E-state index in [0.717, 1.165) is 28.1 Å². The first kappa shape index (κ1) is 24.1. The second-order valence-corrected chi connectivity index (χ2v) is 7.95. The van der Waals surface area contributed by atoms with Gasteiger partial charge in [0.1, 0.15) is 5.69 Å². The highest BCUT2D eigenvalue weighted by Crippen LogP contribution is 2.30. The van der Waals surface area contributed by atoms with E-state index in [2.05, 4.69) is 20.2 Å². The molecule has 4 aromatic rings. The number of rotatable bonds is 6. The SMILES string of the molecule is CN(Cc1ccc(C(F)(F)F)nc1)/N=c1/c(-c2ccncc2)c(-c2ccc(Cl)cc2)cnn1C=O. The number of aromatic nitrogens is 4. The summed E-state index contributed by atoms with van der Waals surface area (Å²) in [5.41, 5.74) is 2.64. The Balaban J connectivity index is 1.83. The number of benzene rings is 1. The summed E-state index contributed by atoms with van der Waals surface area (Å²) in [6.45, 7) is 0.144. The normalized spacial score (nSPS) is 12.0. The minimum Gasteiger partial charge on any atom is -0.294 e. The number of alkyl halides is 3. The molecular weight excluding hydrogens is 481 g/mol. The second kappa shape index (κ2) is 10.1. The fourth-order valence-corrected chi connectivity index (χ4v) is 3.57. The first-order valence-electron chi connectivity index (χ1n) is 10.3. The molecule has 7 nitrogen and oxygen atoms in total. The largest absolute Gasteiger partial charge is 0.433 e. The predicted octanol–water partition coefficient (Wildman–Crippen LogP) is 4.67. The van der Waals surface area contributed by atoms with E-state index in [0.29, 0.717) is 28.1 Å². The lowest BCUT2D eigenvalue weighted by atomic mass is 9.98. The highest BCUT2D eigenvalue weighted by atomic mass is 35.5. The number of nitrogens with zero attached hydrogens (tertiary/aromatic N) is 6. The Bertz CT molecular complexity index is 1390. The number of pyridine rings is 2. The molecule has 0 N–H and O–H groups in total. The number of carbonyl (C=O) groups is 1. The molecule has 0 bridgehead atoms. The van der Waals surface area contributed by atoms with E-state index in [-0.39, 0.29) is 12.0 Å². The zero-order valence-corrected chi connectivity index (χ0v) is 19.1. The lowest BCUT2D eigenvalue weighted by Crippen LogP contribution is -2.29. The first-order valence-corrected chi connectivity index (χ1v) is 10.7. The van der Waals surface area contributed by atoms with Crippen molar-refractivity contribution in [1.29, 1.82) is 0 Å². The van der Waals surface area contributed by atoms with E-state index >= 15 is 0 Å². The summed E-state index contributed by atoms with van der Waals surface area (Å²) in [5, 5.41) is 10.9. The molecule has 0 radical (unpaired) electrons. The van der Waals surface area contributed by atoms with E-state index in [9.17, 15) is 18.0 Å². The summed E-state index contributed by atoms with van der Waals surface area (Å²) in [7, 11) is 1.64. The Hall–Kier alpha value is -4.05. The van der Waals surface area contributed by atoms with Crippen LogP contribution < -0.4 is 5.49 Å². The number of hydrogen-bond donors (Lipinski definition) is 0. The monoisotopic (exact) mass is 498 g/mol. The van der Waals surface area contributed by atoms with Gasteiger partial charge in [0.2, 0.25) is 6.41 Å². The van der Waals surface area contributed by atoms with Gasteiger partial charge in [-0.05, 0) is 47.0 Å². The fraction of sp³-hybridized carbons (Fsp3) is 0.125. The first-order chi connectivity index (χ1) is 16.8. The van der Waals surface area contributed by atoms with Gasteiger partial charge < -0.3 is 0 Å². The second-order valence-electron chi connectivity index (χ2n) is 7.51. The molecule has 0 aliphatic carbocycles. The van der Waals surface area contributed by atoms with E-state index in [1.165, 1.54) is 11.1 Å². The molecule has 35 heavy (non-hydrogen) atoms. The molecule has 3 heterocycles. The zero-order valence-electron chi connectivity index (χ0n) is 18.3. The Morgan fingerprint density at radius 1 is 1.03 bits per heavy atom. The molecule has 0 aliphatic heterocycles. The summed E-state index contributed by atoms with van der Waals surface area (Å²) in [6.07, 6.45) is 1.96. The highest BCUT2D eigenvalue weighted by molar-refractivity contribution is 6.30. The van der Waals surface area contributed by atoms with E-state index in [1.54, 1.807) is 49.9 Å². The molecule has 4 rings (SSSR count). The number of carbonyl (C=O) groups excluding carboxylic acids is 1.